The molecule has 0 saturated carbocycles. The van der Waals surface area contributed by atoms with Crippen molar-refractivity contribution in [3.63, 3.8) is 0 Å². The molecule has 2 N–H and O–H groups in total. The Morgan fingerprint density at radius 3 is 2.78 bits per heavy atom. The zero-order chi connectivity index (χ0) is 19.0. The van der Waals surface area contributed by atoms with Crippen molar-refractivity contribution in [1.29, 1.82) is 0 Å². The smallest absolute Gasteiger partial charge is 0.260 e. The van der Waals surface area contributed by atoms with Crippen molar-refractivity contribution >= 4 is 45.8 Å². The largest absolute Gasteiger partial charge is 0.346 e. The summed E-state index contributed by atoms with van der Waals surface area (Å²) >= 11 is 2.17. The Bertz CT molecular complexity index is 939. The number of amides is 2. The number of benzene rings is 1. The molecule has 6 nitrogen and oxygen atoms in total. The second kappa shape index (κ2) is 7.40. The highest BCUT2D eigenvalue weighted by molar-refractivity contribution is 14.1. The minimum atomic E-state index is -0.411. The van der Waals surface area contributed by atoms with E-state index in [0.29, 0.717) is 28.6 Å². The Morgan fingerprint density at radius 2 is 2.07 bits per heavy atom. The van der Waals surface area contributed by atoms with Gasteiger partial charge in [0, 0.05) is 33.1 Å². The van der Waals surface area contributed by atoms with Gasteiger partial charge in [0.05, 0.1) is 5.57 Å². The molecule has 4 rings (SSSR count). The number of imide groups is 1. The second-order valence-electron chi connectivity index (χ2n) is 6.79. The predicted molar refractivity (Wildman–Crippen MR) is 112 cm³/mol. The van der Waals surface area contributed by atoms with Crippen molar-refractivity contribution in [2.45, 2.75) is 18.9 Å². The summed E-state index contributed by atoms with van der Waals surface area (Å²) in [6, 6.07) is 9.83. The molecule has 1 saturated heterocycles. The maximum atomic E-state index is 12.3. The average molecular weight is 474 g/mol. The Morgan fingerprint density at radius 1 is 1.22 bits per heavy atom. The summed E-state index contributed by atoms with van der Waals surface area (Å²) in [6.45, 7) is 1.11. The summed E-state index contributed by atoms with van der Waals surface area (Å²) in [5, 5.41) is 5.47. The maximum absolute atomic E-state index is 12.3. The zero-order valence-corrected chi connectivity index (χ0v) is 17.0. The lowest BCUT2D eigenvalue weighted by atomic mass is 9.96. The lowest BCUT2D eigenvalue weighted by molar-refractivity contribution is -0.114. The van der Waals surface area contributed by atoms with Crippen LogP contribution in [0.5, 0.6) is 0 Å². The van der Waals surface area contributed by atoms with Crippen LogP contribution in [0.15, 0.2) is 42.7 Å². The van der Waals surface area contributed by atoms with E-state index in [1.807, 2.05) is 24.4 Å². The van der Waals surface area contributed by atoms with E-state index in [4.69, 9.17) is 0 Å². The summed E-state index contributed by atoms with van der Waals surface area (Å²) in [4.78, 5) is 31.1. The number of likely N-dealkylation sites (tertiary alicyclic amines) is 1. The van der Waals surface area contributed by atoms with Gasteiger partial charge in [-0.1, -0.05) is 6.07 Å². The molecule has 0 aliphatic carbocycles. The van der Waals surface area contributed by atoms with Crippen LogP contribution in [0.1, 0.15) is 40.4 Å². The predicted octanol–water partition coefficient (Wildman–Crippen LogP) is 3.18. The van der Waals surface area contributed by atoms with Gasteiger partial charge in [-0.2, -0.15) is 0 Å². The van der Waals surface area contributed by atoms with Gasteiger partial charge in [0.25, 0.3) is 11.8 Å². The SMILES string of the molecule is CN1CCCC1c1ccc(NC=C2C(=O)NC(=O)c3ccc(I)cc32)nc1. The van der Waals surface area contributed by atoms with Gasteiger partial charge in [-0.25, -0.2) is 4.98 Å². The van der Waals surface area contributed by atoms with Crippen molar-refractivity contribution in [3.05, 3.63) is 63.0 Å². The Labute approximate surface area is 171 Å². The molecule has 1 unspecified atom stereocenters. The standard InChI is InChI=1S/C20H19IN4O2/c1-25-8-2-3-17(25)12-4-7-18(22-10-12)23-11-16-15-9-13(21)5-6-14(15)19(26)24-20(16)27/h4-7,9-11,17H,2-3,8H2,1H3,(H,22,23)(H,24,26,27). The van der Waals surface area contributed by atoms with Gasteiger partial charge in [0.2, 0.25) is 0 Å². The van der Waals surface area contributed by atoms with Gasteiger partial charge in [0.1, 0.15) is 5.82 Å². The molecule has 2 aliphatic rings. The number of nitrogens with one attached hydrogen (secondary N) is 2. The zero-order valence-electron chi connectivity index (χ0n) is 14.8. The molecule has 2 aliphatic heterocycles. The minimum absolute atomic E-state index is 0.369. The molecule has 0 spiro atoms. The minimum Gasteiger partial charge on any atom is -0.346 e. The number of hydrogen-bond donors (Lipinski definition) is 2. The number of anilines is 1. The van der Waals surface area contributed by atoms with E-state index in [1.165, 1.54) is 12.0 Å². The number of fused-ring (bicyclic) bond motifs is 1. The first-order chi connectivity index (χ1) is 13.0. The topological polar surface area (TPSA) is 74.3 Å². The van der Waals surface area contributed by atoms with Crippen LogP contribution in [0.4, 0.5) is 5.82 Å². The number of hydrogen-bond acceptors (Lipinski definition) is 5. The van der Waals surface area contributed by atoms with Crippen molar-refractivity contribution < 1.29 is 9.59 Å². The van der Waals surface area contributed by atoms with Crippen LogP contribution >= 0.6 is 22.6 Å². The lowest BCUT2D eigenvalue weighted by Crippen LogP contribution is -2.36. The van der Waals surface area contributed by atoms with E-state index < -0.39 is 5.91 Å². The second-order valence-corrected chi connectivity index (χ2v) is 8.04. The van der Waals surface area contributed by atoms with Gasteiger partial charge in [-0.15, -0.1) is 0 Å². The van der Waals surface area contributed by atoms with Crippen LogP contribution in [0.25, 0.3) is 5.57 Å². The first-order valence-corrected chi connectivity index (χ1v) is 9.89. The highest BCUT2D eigenvalue weighted by atomic mass is 127. The maximum Gasteiger partial charge on any atom is 0.260 e. The van der Waals surface area contributed by atoms with Crippen molar-refractivity contribution in [2.75, 3.05) is 18.9 Å². The fourth-order valence-corrected chi connectivity index (χ4v) is 4.10. The highest BCUT2D eigenvalue weighted by Gasteiger charge is 2.27. The quantitative estimate of drug-likeness (QED) is 0.406. The monoisotopic (exact) mass is 474 g/mol. The first-order valence-electron chi connectivity index (χ1n) is 8.81. The van der Waals surface area contributed by atoms with Crippen LogP contribution in [0, 0.1) is 3.57 Å². The van der Waals surface area contributed by atoms with Crippen LogP contribution in [0.2, 0.25) is 0 Å². The Balaban J connectivity index is 1.57. The molecule has 27 heavy (non-hydrogen) atoms. The fraction of sp³-hybridized carbons (Fsp3) is 0.250. The summed E-state index contributed by atoms with van der Waals surface area (Å²) in [7, 11) is 2.13. The third kappa shape index (κ3) is 3.61. The van der Waals surface area contributed by atoms with Crippen molar-refractivity contribution in [2.24, 2.45) is 0 Å². The van der Waals surface area contributed by atoms with Crippen LogP contribution in [-0.4, -0.2) is 35.3 Å². The molecule has 0 bridgehead atoms. The van der Waals surface area contributed by atoms with E-state index in [2.05, 4.69) is 56.2 Å². The molecule has 3 heterocycles. The number of aromatic nitrogens is 1. The molecule has 2 amide bonds. The van der Waals surface area contributed by atoms with Crippen molar-refractivity contribution in [1.82, 2.24) is 15.2 Å². The van der Waals surface area contributed by atoms with E-state index in [1.54, 1.807) is 12.3 Å². The van der Waals surface area contributed by atoms with Crippen LogP contribution in [-0.2, 0) is 4.79 Å². The third-order valence-corrected chi connectivity index (χ3v) is 5.72. The summed E-state index contributed by atoms with van der Waals surface area (Å²) in [5.74, 6) is -0.123. The molecule has 1 atom stereocenters. The molecular formula is C20H19IN4O2. The normalized spacial score (nSPS) is 21.3. The number of rotatable bonds is 3. The molecule has 138 valence electrons. The van der Waals surface area contributed by atoms with Crippen molar-refractivity contribution in [3.8, 4) is 0 Å². The fourth-order valence-electron chi connectivity index (χ4n) is 3.61. The molecular weight excluding hydrogens is 455 g/mol. The summed E-state index contributed by atoms with van der Waals surface area (Å²) < 4.78 is 0.961. The Kier molecular flexibility index (Phi) is 4.96. The summed E-state index contributed by atoms with van der Waals surface area (Å²) in [6.07, 6.45) is 5.85. The van der Waals surface area contributed by atoms with Gasteiger partial charge >= 0.3 is 0 Å². The molecule has 7 heteroatoms. The molecule has 0 radical (unpaired) electrons. The Hall–Kier alpha value is -2.26. The number of carbonyl (C=O) groups is 2. The third-order valence-electron chi connectivity index (χ3n) is 5.04. The molecule has 1 aromatic carbocycles. The van der Waals surface area contributed by atoms with Gasteiger partial charge in [-0.05, 0) is 78.9 Å². The molecule has 2 aromatic rings. The van der Waals surface area contributed by atoms with E-state index in [-0.39, 0.29) is 5.91 Å². The van der Waals surface area contributed by atoms with Crippen LogP contribution < -0.4 is 10.6 Å². The lowest BCUT2D eigenvalue weighted by Gasteiger charge is -2.20. The summed E-state index contributed by atoms with van der Waals surface area (Å²) in [5.41, 5.74) is 2.75. The van der Waals surface area contributed by atoms with E-state index >= 15 is 0 Å². The molecule has 1 aromatic heterocycles. The van der Waals surface area contributed by atoms with Crippen LogP contribution in [0.3, 0.4) is 0 Å². The number of nitrogens with zero attached hydrogens (tertiary/aromatic N) is 2. The van der Waals surface area contributed by atoms with Gasteiger partial charge in [-0.3, -0.25) is 19.8 Å². The van der Waals surface area contributed by atoms with E-state index in [9.17, 15) is 9.59 Å². The first kappa shape index (κ1) is 18.1. The van der Waals surface area contributed by atoms with Gasteiger partial charge in [0.15, 0.2) is 0 Å². The number of carbonyl (C=O) groups excluding carboxylic acids is 2. The van der Waals surface area contributed by atoms with E-state index in [0.717, 1.165) is 16.5 Å². The highest BCUT2D eigenvalue weighted by Crippen LogP contribution is 2.30. The average Bonchev–Trinajstić information content (AvgIpc) is 3.07. The number of halogens is 1. The van der Waals surface area contributed by atoms with Gasteiger partial charge < -0.3 is 5.32 Å². The molecule has 1 fully saturated rings. The number of pyridine rings is 1.